The first-order chi connectivity index (χ1) is 21.6. The SMILES string of the molecule is O=C(COc1ccc(CN2CCCC2)cc1)N1CCC2(CCCCc3ccccc3OCCN(Cc3ccccn3)C2)CC1. The van der Waals surface area contributed by atoms with E-state index in [2.05, 4.69) is 63.3 Å². The molecule has 0 N–H and O–H groups in total. The first-order valence-electron chi connectivity index (χ1n) is 16.7. The number of fused-ring (bicyclic) bond motifs is 1. The maximum atomic E-state index is 13.2. The van der Waals surface area contributed by atoms with Crippen molar-refractivity contribution in [3.05, 3.63) is 89.7 Å². The topological polar surface area (TPSA) is 58.1 Å². The van der Waals surface area contributed by atoms with Gasteiger partial charge in [0.05, 0.1) is 5.69 Å². The number of para-hydroxylation sites is 1. The van der Waals surface area contributed by atoms with Gasteiger partial charge in [-0.3, -0.25) is 19.6 Å². The van der Waals surface area contributed by atoms with Gasteiger partial charge in [-0.1, -0.05) is 42.8 Å². The van der Waals surface area contributed by atoms with Gasteiger partial charge in [-0.2, -0.15) is 0 Å². The molecule has 6 rings (SSSR count). The number of likely N-dealkylation sites (tertiary alicyclic amines) is 2. The van der Waals surface area contributed by atoms with Crippen LogP contribution in [0.1, 0.15) is 61.8 Å². The van der Waals surface area contributed by atoms with Gasteiger partial charge in [-0.25, -0.2) is 0 Å². The lowest BCUT2D eigenvalue weighted by molar-refractivity contribution is -0.136. The van der Waals surface area contributed by atoms with Crippen LogP contribution in [0.15, 0.2) is 72.9 Å². The van der Waals surface area contributed by atoms with Crippen molar-refractivity contribution < 1.29 is 14.3 Å². The smallest absolute Gasteiger partial charge is 0.260 e. The maximum Gasteiger partial charge on any atom is 0.260 e. The number of ether oxygens (including phenoxy) is 2. The summed E-state index contributed by atoms with van der Waals surface area (Å²) in [6.45, 7) is 8.35. The molecule has 7 heteroatoms. The Morgan fingerprint density at radius 1 is 0.795 bits per heavy atom. The van der Waals surface area contributed by atoms with E-state index in [1.54, 1.807) is 0 Å². The van der Waals surface area contributed by atoms with E-state index < -0.39 is 0 Å². The third-order valence-electron chi connectivity index (χ3n) is 9.78. The molecular formula is C37H48N4O3. The summed E-state index contributed by atoms with van der Waals surface area (Å²) >= 11 is 0. The minimum Gasteiger partial charge on any atom is -0.492 e. The Morgan fingerprint density at radius 3 is 2.39 bits per heavy atom. The molecule has 0 bridgehead atoms. The van der Waals surface area contributed by atoms with Crippen LogP contribution < -0.4 is 9.47 Å². The number of piperidine rings is 1. The molecule has 3 aromatic rings. The lowest BCUT2D eigenvalue weighted by atomic mass is 9.73. The normalized spacial score (nSPS) is 19.9. The number of aromatic nitrogens is 1. The van der Waals surface area contributed by atoms with Crippen LogP contribution in [0.3, 0.4) is 0 Å². The molecule has 1 amide bonds. The molecule has 1 aromatic heterocycles. The quantitative estimate of drug-likeness (QED) is 0.335. The first kappa shape index (κ1) is 30.6. The van der Waals surface area contributed by atoms with E-state index in [9.17, 15) is 4.79 Å². The van der Waals surface area contributed by atoms with Gasteiger partial charge in [0.25, 0.3) is 5.91 Å². The fraction of sp³-hybridized carbons (Fsp3) is 0.514. The predicted octanol–water partition coefficient (Wildman–Crippen LogP) is 5.97. The van der Waals surface area contributed by atoms with Crippen LogP contribution in [0.2, 0.25) is 0 Å². The molecular weight excluding hydrogens is 548 g/mol. The highest BCUT2D eigenvalue weighted by molar-refractivity contribution is 5.77. The third-order valence-corrected chi connectivity index (χ3v) is 9.78. The number of amides is 1. The van der Waals surface area contributed by atoms with Gasteiger partial charge in [-0.05, 0) is 105 Å². The molecule has 0 aliphatic carbocycles. The molecule has 2 aromatic carbocycles. The summed E-state index contributed by atoms with van der Waals surface area (Å²) in [6, 6.07) is 22.9. The van der Waals surface area contributed by atoms with Crippen LogP contribution in [0.4, 0.5) is 0 Å². The number of carbonyl (C=O) groups excluding carboxylic acids is 1. The largest absolute Gasteiger partial charge is 0.492 e. The van der Waals surface area contributed by atoms with Crippen LogP contribution in [0.25, 0.3) is 0 Å². The Labute approximate surface area is 263 Å². The van der Waals surface area contributed by atoms with Crippen LogP contribution in [0, 0.1) is 5.41 Å². The Morgan fingerprint density at radius 2 is 1.59 bits per heavy atom. The highest BCUT2D eigenvalue weighted by Crippen LogP contribution is 2.39. The summed E-state index contributed by atoms with van der Waals surface area (Å²) < 4.78 is 12.3. The second-order valence-electron chi connectivity index (χ2n) is 13.0. The van der Waals surface area contributed by atoms with E-state index in [-0.39, 0.29) is 17.9 Å². The average Bonchev–Trinajstić information content (AvgIpc) is 3.57. The van der Waals surface area contributed by atoms with Gasteiger partial charge in [0, 0.05) is 45.5 Å². The Hall–Kier alpha value is -3.42. The van der Waals surface area contributed by atoms with E-state index in [0.717, 1.165) is 82.1 Å². The van der Waals surface area contributed by atoms with Crippen molar-refractivity contribution in [3.8, 4) is 11.5 Å². The molecule has 234 valence electrons. The van der Waals surface area contributed by atoms with Gasteiger partial charge in [0.15, 0.2) is 6.61 Å². The zero-order valence-corrected chi connectivity index (χ0v) is 26.2. The lowest BCUT2D eigenvalue weighted by Gasteiger charge is -2.45. The number of hydrogen-bond acceptors (Lipinski definition) is 6. The standard InChI is InChI=1S/C37H48N4O3/c42-36(29-44-34-15-13-31(14-16-34)27-39-21-7-8-22-39)41-23-18-37(19-24-41)17-5-3-10-32-9-1-2-12-35(32)43-26-25-40(30-37)28-33-11-4-6-20-38-33/h1-2,4,6,9,11-16,20H,3,5,7-8,10,17-19,21-30H2. The highest BCUT2D eigenvalue weighted by atomic mass is 16.5. The number of carbonyl (C=O) groups is 1. The van der Waals surface area contributed by atoms with E-state index in [1.165, 1.54) is 49.9 Å². The van der Waals surface area contributed by atoms with E-state index in [1.807, 2.05) is 29.3 Å². The molecule has 4 heterocycles. The molecule has 0 unspecified atom stereocenters. The predicted molar refractivity (Wildman–Crippen MR) is 174 cm³/mol. The summed E-state index contributed by atoms with van der Waals surface area (Å²) in [4.78, 5) is 24.9. The fourth-order valence-electron chi connectivity index (χ4n) is 7.20. The first-order valence-corrected chi connectivity index (χ1v) is 16.7. The van der Waals surface area contributed by atoms with Gasteiger partial charge in [0.1, 0.15) is 18.1 Å². The fourth-order valence-corrected chi connectivity index (χ4v) is 7.20. The summed E-state index contributed by atoms with van der Waals surface area (Å²) in [5.41, 5.74) is 3.87. The molecule has 3 aliphatic rings. The van der Waals surface area contributed by atoms with Crippen LogP contribution in [0.5, 0.6) is 11.5 Å². The number of hydrogen-bond donors (Lipinski definition) is 0. The second-order valence-corrected chi connectivity index (χ2v) is 13.0. The lowest BCUT2D eigenvalue weighted by Crippen LogP contribution is -2.49. The number of rotatable bonds is 7. The Kier molecular flexibility index (Phi) is 10.5. The van der Waals surface area contributed by atoms with Gasteiger partial charge in [-0.15, -0.1) is 0 Å². The zero-order valence-electron chi connectivity index (χ0n) is 26.2. The van der Waals surface area contributed by atoms with E-state index >= 15 is 0 Å². The van der Waals surface area contributed by atoms with Gasteiger partial charge < -0.3 is 14.4 Å². The maximum absolute atomic E-state index is 13.2. The Balaban J connectivity index is 1.06. The molecule has 44 heavy (non-hydrogen) atoms. The average molecular weight is 597 g/mol. The van der Waals surface area contributed by atoms with Gasteiger partial charge >= 0.3 is 0 Å². The molecule has 0 atom stereocenters. The monoisotopic (exact) mass is 596 g/mol. The molecule has 1 spiro atoms. The summed E-state index contributed by atoms with van der Waals surface area (Å²) in [5.74, 6) is 1.88. The van der Waals surface area contributed by atoms with E-state index in [0.29, 0.717) is 6.61 Å². The van der Waals surface area contributed by atoms with Crippen LogP contribution in [-0.2, 0) is 24.3 Å². The molecule has 2 fully saturated rings. The number of benzene rings is 2. The zero-order chi connectivity index (χ0) is 30.0. The number of aryl methyl sites for hydroxylation is 1. The van der Waals surface area contributed by atoms with Crippen molar-refractivity contribution in [2.45, 2.75) is 64.5 Å². The van der Waals surface area contributed by atoms with Crippen molar-refractivity contribution in [2.75, 3.05) is 52.5 Å². The molecule has 0 radical (unpaired) electrons. The van der Waals surface area contributed by atoms with E-state index in [4.69, 9.17) is 9.47 Å². The van der Waals surface area contributed by atoms with Crippen molar-refractivity contribution in [1.29, 1.82) is 0 Å². The Bertz CT molecular complexity index is 1320. The molecule has 7 nitrogen and oxygen atoms in total. The summed E-state index contributed by atoms with van der Waals surface area (Å²) in [7, 11) is 0. The van der Waals surface area contributed by atoms with Gasteiger partial charge in [0.2, 0.25) is 0 Å². The molecule has 0 saturated carbocycles. The molecule has 3 aliphatic heterocycles. The van der Waals surface area contributed by atoms with Crippen molar-refractivity contribution >= 4 is 5.91 Å². The van der Waals surface area contributed by atoms with Crippen molar-refractivity contribution in [1.82, 2.24) is 19.7 Å². The number of nitrogens with zero attached hydrogens (tertiary/aromatic N) is 4. The minimum absolute atomic E-state index is 0.0875. The highest BCUT2D eigenvalue weighted by Gasteiger charge is 2.37. The summed E-state index contributed by atoms with van der Waals surface area (Å²) in [6.07, 6.45) is 11.1. The molecule has 2 saturated heterocycles. The van der Waals surface area contributed by atoms with Crippen LogP contribution >= 0.6 is 0 Å². The summed E-state index contributed by atoms with van der Waals surface area (Å²) in [5, 5.41) is 0. The number of pyridine rings is 1. The van der Waals surface area contributed by atoms with Crippen molar-refractivity contribution in [2.24, 2.45) is 5.41 Å². The van der Waals surface area contributed by atoms with Crippen LogP contribution in [-0.4, -0.2) is 78.1 Å². The third kappa shape index (κ3) is 8.39. The second kappa shape index (κ2) is 15.0. The van der Waals surface area contributed by atoms with Crippen molar-refractivity contribution in [3.63, 3.8) is 0 Å². The minimum atomic E-state index is 0.0875.